The first kappa shape index (κ1) is 14.5. The van der Waals surface area contributed by atoms with Crippen molar-refractivity contribution in [3.63, 3.8) is 0 Å². The fourth-order valence-electron chi connectivity index (χ4n) is 0.346. The maximum atomic E-state index is 9.66. The van der Waals surface area contributed by atoms with Gasteiger partial charge in [0, 0.05) is 17.8 Å². The van der Waals surface area contributed by atoms with Crippen LogP contribution >= 0.6 is 8.25 Å². The molecular formula is C6H17NO4P+. The van der Waals surface area contributed by atoms with E-state index < -0.39 is 14.5 Å². The van der Waals surface area contributed by atoms with Crippen LogP contribution < -0.4 is 5.73 Å². The lowest BCUT2D eigenvalue weighted by molar-refractivity contribution is 0.162. The van der Waals surface area contributed by atoms with Gasteiger partial charge < -0.3 is 10.5 Å². The third kappa shape index (κ3) is 22.5. The molecule has 0 aliphatic heterocycles. The highest BCUT2D eigenvalue weighted by molar-refractivity contribution is 7.32. The molecule has 0 heterocycles. The van der Waals surface area contributed by atoms with Gasteiger partial charge in [0.25, 0.3) is 0 Å². The van der Waals surface area contributed by atoms with Gasteiger partial charge in [0.2, 0.25) is 0 Å². The first-order valence-corrected chi connectivity index (χ1v) is 4.83. The first-order valence-electron chi connectivity index (χ1n) is 3.70. The summed E-state index contributed by atoms with van der Waals surface area (Å²) in [5, 5.41) is 0. The van der Waals surface area contributed by atoms with Gasteiger partial charge in [-0.2, -0.15) is 0 Å². The fraction of sp³-hybridized carbons (Fsp3) is 1.00. The lowest BCUT2D eigenvalue weighted by Gasteiger charge is -1.86. The summed E-state index contributed by atoms with van der Waals surface area (Å²) in [7, 11) is -2.51. The number of hydrogen-bond acceptors (Lipinski definition) is 4. The largest absolute Gasteiger partial charge is 0.696 e. The van der Waals surface area contributed by atoms with E-state index in [0.717, 1.165) is 13.2 Å². The molecule has 0 bridgehead atoms. The molecule has 5 nitrogen and oxygen atoms in total. The molecule has 12 heavy (non-hydrogen) atoms. The molecule has 0 aliphatic carbocycles. The highest BCUT2D eigenvalue weighted by atomic mass is 31.1. The number of ether oxygens (including phenoxy) is 1. The van der Waals surface area contributed by atoms with Gasteiger partial charge in [-0.3, -0.25) is 0 Å². The summed E-state index contributed by atoms with van der Waals surface area (Å²) in [5.74, 6) is 0. The van der Waals surface area contributed by atoms with Crippen molar-refractivity contribution >= 4 is 8.25 Å². The average molecular weight is 198 g/mol. The Kier molecular flexibility index (Phi) is 13.2. The molecule has 2 unspecified atom stereocenters. The third-order valence-electron chi connectivity index (χ3n) is 0.665. The summed E-state index contributed by atoms with van der Waals surface area (Å²) in [6.45, 7) is 7.14. The van der Waals surface area contributed by atoms with Crippen molar-refractivity contribution in [2.75, 3.05) is 13.2 Å². The smallest absolute Gasteiger partial charge is 0.382 e. The van der Waals surface area contributed by atoms with Crippen molar-refractivity contribution in [2.24, 2.45) is 5.73 Å². The van der Waals surface area contributed by atoms with E-state index in [4.69, 9.17) is 15.4 Å². The Labute approximate surface area is 73.8 Å². The van der Waals surface area contributed by atoms with E-state index >= 15 is 0 Å². The van der Waals surface area contributed by atoms with E-state index in [0.29, 0.717) is 0 Å². The second-order valence-corrected chi connectivity index (χ2v) is 2.52. The highest BCUT2D eigenvalue weighted by Crippen LogP contribution is 2.14. The summed E-state index contributed by atoms with van der Waals surface area (Å²) < 4.78 is 18.6. The van der Waals surface area contributed by atoms with Gasteiger partial charge in [-0.1, -0.05) is 0 Å². The molecule has 0 aromatic rings. The van der Waals surface area contributed by atoms with Gasteiger partial charge in [0.1, 0.15) is 0 Å². The van der Waals surface area contributed by atoms with E-state index in [-0.39, 0.29) is 0 Å². The highest BCUT2D eigenvalue weighted by Gasteiger charge is 2.13. The van der Waals surface area contributed by atoms with Gasteiger partial charge in [-0.25, -0.2) is 0 Å². The molecule has 0 amide bonds. The van der Waals surface area contributed by atoms with Crippen LogP contribution in [0.1, 0.15) is 20.8 Å². The molecule has 0 saturated heterocycles. The predicted octanol–water partition coefficient (Wildman–Crippen LogP) is 1.00. The van der Waals surface area contributed by atoms with Crippen molar-refractivity contribution in [1.82, 2.24) is 0 Å². The van der Waals surface area contributed by atoms with Crippen LogP contribution in [0.2, 0.25) is 0 Å². The van der Waals surface area contributed by atoms with Gasteiger partial charge in [0.05, 0.1) is 0 Å². The van der Waals surface area contributed by atoms with E-state index in [9.17, 15) is 4.57 Å². The molecule has 0 saturated carbocycles. The Hall–Kier alpha value is -0.0600. The topological polar surface area (TPSA) is 81.8 Å². The Bertz CT molecular complexity index is 108. The summed E-state index contributed by atoms with van der Waals surface area (Å²) in [5.41, 5.74) is 4.93. The molecule has 0 fully saturated rings. The molecule has 6 heteroatoms. The van der Waals surface area contributed by atoms with Gasteiger partial charge in [-0.05, 0) is 20.8 Å². The molecule has 0 aromatic heterocycles. The van der Waals surface area contributed by atoms with Crippen LogP contribution in [0.3, 0.4) is 0 Å². The van der Waals surface area contributed by atoms with Crippen molar-refractivity contribution in [1.29, 1.82) is 0 Å². The van der Waals surface area contributed by atoms with Gasteiger partial charge in [-0.15, -0.1) is 9.42 Å². The molecule has 3 N–H and O–H groups in total. The first-order chi connectivity index (χ1) is 5.54. The van der Waals surface area contributed by atoms with Crippen molar-refractivity contribution < 1.29 is 18.7 Å². The van der Waals surface area contributed by atoms with Crippen LogP contribution in [0, 0.1) is 0 Å². The Morgan fingerprint density at radius 3 is 1.92 bits per heavy atom. The number of rotatable bonds is 4. The SMILES string of the molecule is CC(N)O[P+](=O)O.CCOCC. The van der Waals surface area contributed by atoms with Crippen molar-refractivity contribution in [3.05, 3.63) is 0 Å². The van der Waals surface area contributed by atoms with Gasteiger partial charge in [0.15, 0.2) is 6.23 Å². The van der Waals surface area contributed by atoms with Crippen LogP contribution in [0.5, 0.6) is 0 Å². The summed E-state index contributed by atoms with van der Waals surface area (Å²) in [6, 6.07) is 0. The minimum absolute atomic E-state index is 0.659. The molecule has 74 valence electrons. The standard InChI is InChI=1S/C4H10O.C2H6NO3P/c1-3-5-4-2;1-2(3)6-7(4)5/h3-4H2,1-2H3;2H,3H2,1H3/p+1. The van der Waals surface area contributed by atoms with Crippen LogP contribution in [0.25, 0.3) is 0 Å². The maximum absolute atomic E-state index is 9.66. The van der Waals surface area contributed by atoms with E-state index in [2.05, 4.69) is 4.52 Å². The van der Waals surface area contributed by atoms with Crippen molar-refractivity contribution in [3.8, 4) is 0 Å². The molecule has 0 spiro atoms. The fourth-order valence-corrected chi connectivity index (χ4v) is 0.631. The van der Waals surface area contributed by atoms with E-state index in [1.807, 2.05) is 13.8 Å². The zero-order valence-electron chi connectivity index (χ0n) is 7.69. The average Bonchev–Trinajstić information content (AvgIpc) is 1.87. The van der Waals surface area contributed by atoms with Gasteiger partial charge >= 0.3 is 8.25 Å². The second kappa shape index (κ2) is 10.9. The maximum Gasteiger partial charge on any atom is 0.696 e. The molecular weight excluding hydrogens is 181 g/mol. The zero-order chi connectivity index (χ0) is 9.98. The molecule has 0 aliphatic rings. The summed E-state index contributed by atoms with van der Waals surface area (Å²) in [6.07, 6.45) is -0.659. The Morgan fingerprint density at radius 2 is 1.92 bits per heavy atom. The van der Waals surface area contributed by atoms with Crippen LogP contribution in [0.4, 0.5) is 0 Å². The quantitative estimate of drug-likeness (QED) is 0.520. The zero-order valence-corrected chi connectivity index (χ0v) is 8.58. The minimum atomic E-state index is -2.51. The van der Waals surface area contributed by atoms with E-state index in [1.165, 1.54) is 6.92 Å². The van der Waals surface area contributed by atoms with Crippen LogP contribution in [-0.2, 0) is 13.8 Å². The van der Waals surface area contributed by atoms with Crippen LogP contribution in [-0.4, -0.2) is 24.3 Å². The van der Waals surface area contributed by atoms with E-state index in [1.54, 1.807) is 0 Å². The lowest BCUT2D eigenvalue weighted by atomic mass is 10.7. The Morgan fingerprint density at radius 1 is 1.50 bits per heavy atom. The predicted molar refractivity (Wildman–Crippen MR) is 46.7 cm³/mol. The van der Waals surface area contributed by atoms with Crippen LogP contribution in [0.15, 0.2) is 0 Å². The number of nitrogens with two attached hydrogens (primary N) is 1. The minimum Gasteiger partial charge on any atom is -0.382 e. The number of hydrogen-bond donors (Lipinski definition) is 2. The summed E-state index contributed by atoms with van der Waals surface area (Å²) in [4.78, 5) is 7.93. The molecule has 2 atom stereocenters. The summed E-state index contributed by atoms with van der Waals surface area (Å²) >= 11 is 0. The molecule has 0 rings (SSSR count). The normalized spacial score (nSPS) is 12.9. The second-order valence-electron chi connectivity index (χ2n) is 1.83. The van der Waals surface area contributed by atoms with Crippen molar-refractivity contribution in [2.45, 2.75) is 27.0 Å². The Balaban J connectivity index is 0. The lowest BCUT2D eigenvalue weighted by Crippen LogP contribution is -2.14. The molecule has 0 aromatic carbocycles. The molecule has 0 radical (unpaired) electrons. The monoisotopic (exact) mass is 198 g/mol. The third-order valence-corrected chi connectivity index (χ3v) is 1.18.